The van der Waals surface area contributed by atoms with E-state index >= 15 is 0 Å². The van der Waals surface area contributed by atoms with Crippen LogP contribution in [0.25, 0.3) is 0 Å². The van der Waals surface area contributed by atoms with Crippen molar-refractivity contribution in [2.24, 2.45) is 0 Å². The minimum Gasteiger partial charge on any atom is -0.496 e. The minimum atomic E-state index is -0.526. The second kappa shape index (κ2) is 9.60. The lowest BCUT2D eigenvalue weighted by Crippen LogP contribution is -2.08. The van der Waals surface area contributed by atoms with E-state index in [2.05, 4.69) is 6.58 Å². The van der Waals surface area contributed by atoms with Gasteiger partial charge in [0.25, 0.3) is 0 Å². The van der Waals surface area contributed by atoms with E-state index in [1.54, 1.807) is 36.4 Å². The van der Waals surface area contributed by atoms with E-state index in [0.717, 1.165) is 5.56 Å². The van der Waals surface area contributed by atoms with Crippen molar-refractivity contribution in [3.63, 3.8) is 0 Å². The summed E-state index contributed by atoms with van der Waals surface area (Å²) in [5.74, 6) is 0.919. The first-order valence-corrected chi connectivity index (χ1v) is 8.65. The molecule has 0 aliphatic rings. The van der Waals surface area contributed by atoms with Crippen molar-refractivity contribution in [3.8, 4) is 17.2 Å². The Labute approximate surface area is 164 Å². The summed E-state index contributed by atoms with van der Waals surface area (Å²) in [7, 11) is 4.56. The Balaban J connectivity index is 2.28. The van der Waals surface area contributed by atoms with Crippen LogP contribution in [-0.2, 0) is 17.8 Å². The van der Waals surface area contributed by atoms with Crippen molar-refractivity contribution in [2.45, 2.75) is 20.0 Å². The summed E-state index contributed by atoms with van der Waals surface area (Å²) < 4.78 is 21.4. The van der Waals surface area contributed by atoms with Gasteiger partial charge < -0.3 is 18.9 Å². The van der Waals surface area contributed by atoms with E-state index < -0.39 is 5.97 Å². The lowest BCUT2D eigenvalue weighted by atomic mass is 10.1. The number of ketones is 1. The van der Waals surface area contributed by atoms with Crippen LogP contribution >= 0.6 is 0 Å². The quantitative estimate of drug-likeness (QED) is 0.370. The van der Waals surface area contributed by atoms with Gasteiger partial charge in [-0.05, 0) is 43.7 Å². The molecule has 148 valence electrons. The number of rotatable bonds is 9. The van der Waals surface area contributed by atoms with E-state index in [4.69, 9.17) is 18.9 Å². The van der Waals surface area contributed by atoms with Crippen LogP contribution in [-0.4, -0.2) is 33.1 Å². The van der Waals surface area contributed by atoms with Crippen molar-refractivity contribution in [2.75, 3.05) is 21.3 Å². The molecule has 6 heteroatoms. The number of hydrogen-bond acceptors (Lipinski definition) is 6. The topological polar surface area (TPSA) is 71.1 Å². The summed E-state index contributed by atoms with van der Waals surface area (Å²) in [6, 6.07) is 8.26. The van der Waals surface area contributed by atoms with Crippen molar-refractivity contribution in [1.82, 2.24) is 0 Å². The van der Waals surface area contributed by atoms with Crippen LogP contribution in [0.2, 0.25) is 0 Å². The van der Waals surface area contributed by atoms with Gasteiger partial charge in [-0.3, -0.25) is 4.79 Å². The van der Waals surface area contributed by atoms with Crippen LogP contribution in [0.5, 0.6) is 17.2 Å². The van der Waals surface area contributed by atoms with Gasteiger partial charge in [-0.25, -0.2) is 4.79 Å². The van der Waals surface area contributed by atoms with Crippen LogP contribution in [0.15, 0.2) is 43.0 Å². The fourth-order valence-corrected chi connectivity index (χ4v) is 2.81. The van der Waals surface area contributed by atoms with Gasteiger partial charge in [0.2, 0.25) is 0 Å². The average molecular weight is 384 g/mol. The molecule has 2 rings (SSSR count). The van der Waals surface area contributed by atoms with Crippen LogP contribution in [0.1, 0.15) is 38.8 Å². The number of carbonyl (C=O) groups excluding carboxylic acids is 2. The highest BCUT2D eigenvalue weighted by Crippen LogP contribution is 2.33. The summed E-state index contributed by atoms with van der Waals surface area (Å²) in [5.41, 5.74) is 2.22. The van der Waals surface area contributed by atoms with Crippen LogP contribution in [0.3, 0.4) is 0 Å². The standard InChI is InChI=1S/C22H24O6/c1-6-7-16-11-17(12-20(26-4)21(16)27-5)22(24)28-13-18-10-15(14(2)23)8-9-19(18)25-3/h6,8-12H,1,7,13H2,2-5H3. The first-order chi connectivity index (χ1) is 13.4. The van der Waals surface area contributed by atoms with Gasteiger partial charge in [0.1, 0.15) is 12.4 Å². The molecule has 0 aromatic heterocycles. The molecule has 0 aliphatic heterocycles. The summed E-state index contributed by atoms with van der Waals surface area (Å²) in [6.07, 6.45) is 2.22. The fourth-order valence-electron chi connectivity index (χ4n) is 2.81. The molecule has 0 saturated carbocycles. The molecule has 0 aliphatic carbocycles. The number of ether oxygens (including phenoxy) is 4. The summed E-state index contributed by atoms with van der Waals surface area (Å²) in [6.45, 7) is 5.17. The average Bonchev–Trinajstić information content (AvgIpc) is 2.71. The third kappa shape index (κ3) is 4.71. The molecule has 6 nitrogen and oxygen atoms in total. The van der Waals surface area contributed by atoms with Crippen molar-refractivity contribution < 1.29 is 28.5 Å². The van der Waals surface area contributed by atoms with Crippen LogP contribution in [0.4, 0.5) is 0 Å². The maximum Gasteiger partial charge on any atom is 0.338 e. The van der Waals surface area contributed by atoms with Gasteiger partial charge in [0.05, 0.1) is 26.9 Å². The zero-order chi connectivity index (χ0) is 20.7. The molecular weight excluding hydrogens is 360 g/mol. The van der Waals surface area contributed by atoms with Gasteiger partial charge >= 0.3 is 5.97 Å². The highest BCUT2D eigenvalue weighted by molar-refractivity contribution is 5.94. The number of Topliss-reactive ketones (excluding diaryl/α,β-unsaturated/α-hetero) is 1. The minimum absolute atomic E-state index is 0.0335. The smallest absolute Gasteiger partial charge is 0.338 e. The number of benzene rings is 2. The monoisotopic (exact) mass is 384 g/mol. The van der Waals surface area contributed by atoms with Crippen LogP contribution in [0, 0.1) is 0 Å². The van der Waals surface area contributed by atoms with Gasteiger partial charge in [0.15, 0.2) is 17.3 Å². The summed E-state index contributed by atoms with van der Waals surface area (Å²) in [5, 5.41) is 0. The third-order valence-corrected chi connectivity index (χ3v) is 4.20. The predicted molar refractivity (Wildman–Crippen MR) is 106 cm³/mol. The largest absolute Gasteiger partial charge is 0.496 e. The Bertz CT molecular complexity index is 885. The number of carbonyl (C=O) groups is 2. The molecule has 0 N–H and O–H groups in total. The first kappa shape index (κ1) is 21.0. The fraction of sp³-hybridized carbons (Fsp3) is 0.273. The Hall–Kier alpha value is -3.28. The maximum absolute atomic E-state index is 12.6. The second-order valence-electron chi connectivity index (χ2n) is 6.02. The van der Waals surface area contributed by atoms with Crippen LogP contribution < -0.4 is 14.2 Å². The molecule has 0 amide bonds. The van der Waals surface area contributed by atoms with Gasteiger partial charge in [-0.15, -0.1) is 6.58 Å². The maximum atomic E-state index is 12.6. The molecule has 0 radical (unpaired) electrons. The molecule has 0 spiro atoms. The zero-order valence-electron chi connectivity index (χ0n) is 16.5. The highest BCUT2D eigenvalue weighted by atomic mass is 16.5. The van der Waals surface area contributed by atoms with Gasteiger partial charge in [0, 0.05) is 16.7 Å². The third-order valence-electron chi connectivity index (χ3n) is 4.20. The number of esters is 1. The highest BCUT2D eigenvalue weighted by Gasteiger charge is 2.17. The molecule has 0 bridgehead atoms. The Morgan fingerprint density at radius 1 is 0.929 bits per heavy atom. The lowest BCUT2D eigenvalue weighted by Gasteiger charge is -2.15. The number of methoxy groups -OCH3 is 3. The molecule has 2 aromatic carbocycles. The molecule has 0 saturated heterocycles. The molecule has 0 unspecified atom stereocenters. The van der Waals surface area contributed by atoms with Crippen molar-refractivity contribution in [1.29, 1.82) is 0 Å². The first-order valence-electron chi connectivity index (χ1n) is 8.65. The van der Waals surface area contributed by atoms with E-state index in [0.29, 0.717) is 40.4 Å². The predicted octanol–water partition coefficient (Wildman–Crippen LogP) is 4.00. The Morgan fingerprint density at radius 2 is 1.61 bits per heavy atom. The number of allylic oxidation sites excluding steroid dienone is 1. The van der Waals surface area contributed by atoms with E-state index in [1.807, 2.05) is 0 Å². The Kier molecular flexibility index (Phi) is 7.21. The molecule has 0 heterocycles. The normalized spacial score (nSPS) is 10.1. The Morgan fingerprint density at radius 3 is 2.18 bits per heavy atom. The lowest BCUT2D eigenvalue weighted by molar-refractivity contribution is 0.0469. The second-order valence-corrected chi connectivity index (χ2v) is 6.02. The molecule has 0 atom stereocenters. The molecule has 2 aromatic rings. The van der Waals surface area contributed by atoms with Crippen molar-refractivity contribution >= 4 is 11.8 Å². The molecular formula is C22H24O6. The van der Waals surface area contributed by atoms with Gasteiger partial charge in [-0.1, -0.05) is 6.08 Å². The van der Waals surface area contributed by atoms with E-state index in [9.17, 15) is 9.59 Å². The summed E-state index contributed by atoms with van der Waals surface area (Å²) in [4.78, 5) is 24.2. The SMILES string of the molecule is C=CCc1cc(C(=O)OCc2cc(C(C)=O)ccc2OC)cc(OC)c1OC. The molecule has 28 heavy (non-hydrogen) atoms. The van der Waals surface area contributed by atoms with Gasteiger partial charge in [-0.2, -0.15) is 0 Å². The summed E-state index contributed by atoms with van der Waals surface area (Å²) >= 11 is 0. The van der Waals surface area contributed by atoms with Crippen molar-refractivity contribution in [3.05, 3.63) is 65.2 Å². The molecule has 0 fully saturated rings. The zero-order valence-corrected chi connectivity index (χ0v) is 16.5. The van der Waals surface area contributed by atoms with E-state index in [1.165, 1.54) is 28.3 Å². The van der Waals surface area contributed by atoms with E-state index in [-0.39, 0.29) is 12.4 Å². The number of hydrogen-bond donors (Lipinski definition) is 0.